The molecule has 2 aromatic heterocycles. The number of carbonyl (C=O) groups is 1. The van der Waals surface area contributed by atoms with Crippen LogP contribution in [0.1, 0.15) is 18.7 Å². The third-order valence-electron chi connectivity index (χ3n) is 3.54. The highest BCUT2D eigenvalue weighted by Gasteiger charge is 2.16. The van der Waals surface area contributed by atoms with E-state index >= 15 is 0 Å². The summed E-state index contributed by atoms with van der Waals surface area (Å²) in [6, 6.07) is 5.49. The highest BCUT2D eigenvalue weighted by molar-refractivity contribution is 5.76. The average molecular weight is 302 g/mol. The standard InChI is InChI=1S/C15H18N4O3/c20-13(17-9-11-6-8-21-10-11)4-5-14-18-15(19-22-14)12-3-1-2-7-16-12/h1-3,7,11H,4-6,8-10H2,(H,17,20)/t11-/m1/s1. The normalized spacial score (nSPS) is 17.5. The van der Waals surface area contributed by atoms with Gasteiger partial charge in [0.15, 0.2) is 0 Å². The molecule has 0 unspecified atom stereocenters. The molecule has 3 heterocycles. The summed E-state index contributed by atoms with van der Waals surface area (Å²) >= 11 is 0. The van der Waals surface area contributed by atoms with E-state index < -0.39 is 0 Å². The number of aryl methyl sites for hydroxylation is 1. The van der Waals surface area contributed by atoms with Crippen LogP contribution in [0, 0.1) is 5.92 Å². The summed E-state index contributed by atoms with van der Waals surface area (Å²) in [6.07, 6.45) is 3.44. The molecule has 1 fully saturated rings. The van der Waals surface area contributed by atoms with Crippen LogP contribution in [0.2, 0.25) is 0 Å². The van der Waals surface area contributed by atoms with Gasteiger partial charge in [0.1, 0.15) is 5.69 Å². The number of hydrogen-bond acceptors (Lipinski definition) is 6. The van der Waals surface area contributed by atoms with Crippen molar-refractivity contribution in [3.8, 4) is 11.5 Å². The van der Waals surface area contributed by atoms with E-state index in [1.54, 1.807) is 6.20 Å². The Morgan fingerprint density at radius 2 is 2.36 bits per heavy atom. The highest BCUT2D eigenvalue weighted by Crippen LogP contribution is 2.13. The van der Waals surface area contributed by atoms with Gasteiger partial charge in [-0.2, -0.15) is 4.98 Å². The zero-order valence-electron chi connectivity index (χ0n) is 12.2. The molecule has 1 aliphatic rings. The van der Waals surface area contributed by atoms with Gasteiger partial charge in [-0.3, -0.25) is 9.78 Å². The zero-order chi connectivity index (χ0) is 15.2. The summed E-state index contributed by atoms with van der Waals surface area (Å²) < 4.78 is 10.4. The lowest BCUT2D eigenvalue weighted by Crippen LogP contribution is -2.29. The third-order valence-corrected chi connectivity index (χ3v) is 3.54. The fourth-order valence-corrected chi connectivity index (χ4v) is 2.27. The van der Waals surface area contributed by atoms with Crippen molar-refractivity contribution in [2.75, 3.05) is 19.8 Å². The van der Waals surface area contributed by atoms with E-state index in [0.717, 1.165) is 19.6 Å². The van der Waals surface area contributed by atoms with Crippen molar-refractivity contribution in [3.05, 3.63) is 30.3 Å². The van der Waals surface area contributed by atoms with Gasteiger partial charge in [-0.25, -0.2) is 0 Å². The van der Waals surface area contributed by atoms with Crippen molar-refractivity contribution in [1.82, 2.24) is 20.4 Å². The first kappa shape index (κ1) is 14.6. The summed E-state index contributed by atoms with van der Waals surface area (Å²) in [4.78, 5) is 20.2. The van der Waals surface area contributed by atoms with Crippen molar-refractivity contribution < 1.29 is 14.1 Å². The Morgan fingerprint density at radius 1 is 1.41 bits per heavy atom. The van der Waals surface area contributed by atoms with Gasteiger partial charge in [0.2, 0.25) is 17.6 Å². The number of nitrogens with one attached hydrogen (secondary N) is 1. The van der Waals surface area contributed by atoms with Gasteiger partial charge >= 0.3 is 0 Å². The molecular weight excluding hydrogens is 284 g/mol. The Bertz CT molecular complexity index is 608. The number of carbonyl (C=O) groups excluding carboxylic acids is 1. The number of pyridine rings is 1. The maximum atomic E-state index is 11.8. The number of hydrogen-bond donors (Lipinski definition) is 1. The van der Waals surface area contributed by atoms with Gasteiger partial charge in [0.25, 0.3) is 0 Å². The summed E-state index contributed by atoms with van der Waals surface area (Å²) in [5.41, 5.74) is 0.656. The number of nitrogens with zero attached hydrogens (tertiary/aromatic N) is 3. The van der Waals surface area contributed by atoms with Crippen molar-refractivity contribution >= 4 is 5.91 Å². The topological polar surface area (TPSA) is 90.1 Å². The van der Waals surface area contributed by atoms with Crippen LogP contribution < -0.4 is 5.32 Å². The zero-order valence-corrected chi connectivity index (χ0v) is 12.2. The van der Waals surface area contributed by atoms with Crippen LogP contribution >= 0.6 is 0 Å². The molecule has 22 heavy (non-hydrogen) atoms. The van der Waals surface area contributed by atoms with Crippen LogP contribution in [0.4, 0.5) is 0 Å². The quantitative estimate of drug-likeness (QED) is 0.862. The molecule has 7 nitrogen and oxygen atoms in total. The third kappa shape index (κ3) is 3.88. The molecule has 1 N–H and O–H groups in total. The largest absolute Gasteiger partial charge is 0.381 e. The number of aromatic nitrogens is 3. The lowest BCUT2D eigenvalue weighted by molar-refractivity contribution is -0.121. The fraction of sp³-hybridized carbons (Fsp3) is 0.467. The SMILES string of the molecule is O=C(CCc1nc(-c2ccccn2)no1)NC[C@H]1CCOC1. The maximum absolute atomic E-state index is 11.8. The number of ether oxygens (including phenoxy) is 1. The molecule has 2 aromatic rings. The van der Waals surface area contributed by atoms with Gasteiger partial charge in [-0.15, -0.1) is 0 Å². The Morgan fingerprint density at radius 3 is 3.14 bits per heavy atom. The fourth-order valence-electron chi connectivity index (χ4n) is 2.27. The molecule has 1 aliphatic heterocycles. The van der Waals surface area contributed by atoms with Gasteiger partial charge < -0.3 is 14.6 Å². The van der Waals surface area contributed by atoms with Gasteiger partial charge in [-0.1, -0.05) is 11.2 Å². The molecule has 0 radical (unpaired) electrons. The second-order valence-electron chi connectivity index (χ2n) is 5.26. The lowest BCUT2D eigenvalue weighted by Gasteiger charge is -2.08. The minimum atomic E-state index is -0.00974. The van der Waals surface area contributed by atoms with E-state index in [4.69, 9.17) is 9.26 Å². The monoisotopic (exact) mass is 302 g/mol. The molecular formula is C15H18N4O3. The van der Waals surface area contributed by atoms with Crippen LogP contribution in [0.25, 0.3) is 11.5 Å². The van der Waals surface area contributed by atoms with E-state index in [2.05, 4.69) is 20.4 Å². The van der Waals surface area contributed by atoms with E-state index in [-0.39, 0.29) is 5.91 Å². The summed E-state index contributed by atoms with van der Waals surface area (Å²) in [7, 11) is 0. The first-order chi connectivity index (χ1) is 10.8. The first-order valence-corrected chi connectivity index (χ1v) is 7.39. The lowest BCUT2D eigenvalue weighted by atomic mass is 10.1. The molecule has 3 rings (SSSR count). The van der Waals surface area contributed by atoms with Crippen LogP contribution in [-0.2, 0) is 16.0 Å². The summed E-state index contributed by atoms with van der Waals surface area (Å²) in [5, 5.41) is 6.79. The summed E-state index contributed by atoms with van der Waals surface area (Å²) in [6.45, 7) is 2.19. The van der Waals surface area contributed by atoms with Crippen LogP contribution in [0.5, 0.6) is 0 Å². The smallest absolute Gasteiger partial charge is 0.227 e. The first-order valence-electron chi connectivity index (χ1n) is 7.39. The van der Waals surface area contributed by atoms with Crippen LogP contribution in [0.15, 0.2) is 28.9 Å². The minimum absolute atomic E-state index is 0.00974. The van der Waals surface area contributed by atoms with E-state index in [1.165, 1.54) is 0 Å². The van der Waals surface area contributed by atoms with Crippen molar-refractivity contribution in [1.29, 1.82) is 0 Å². The Labute approximate surface area is 128 Å². The van der Waals surface area contributed by atoms with Crippen LogP contribution in [-0.4, -0.2) is 40.8 Å². The average Bonchev–Trinajstić information content (AvgIpc) is 3.23. The van der Waals surface area contributed by atoms with Gasteiger partial charge in [0.05, 0.1) is 6.61 Å². The molecule has 0 saturated carbocycles. The van der Waals surface area contributed by atoms with Crippen LogP contribution in [0.3, 0.4) is 0 Å². The van der Waals surface area contributed by atoms with Gasteiger partial charge in [0, 0.05) is 38.1 Å². The summed E-state index contributed by atoms with van der Waals surface area (Å²) in [5.74, 6) is 1.31. The molecule has 0 spiro atoms. The predicted molar refractivity (Wildman–Crippen MR) is 77.8 cm³/mol. The maximum Gasteiger partial charge on any atom is 0.227 e. The number of amides is 1. The Hall–Kier alpha value is -2.28. The van der Waals surface area contributed by atoms with E-state index in [0.29, 0.717) is 42.7 Å². The number of rotatable bonds is 6. The molecule has 0 aliphatic carbocycles. The molecule has 0 bridgehead atoms. The molecule has 1 amide bonds. The molecule has 1 atom stereocenters. The van der Waals surface area contributed by atoms with E-state index in [1.807, 2.05) is 18.2 Å². The minimum Gasteiger partial charge on any atom is -0.381 e. The molecule has 116 valence electrons. The predicted octanol–water partition coefficient (Wildman–Crippen LogP) is 1.22. The second-order valence-corrected chi connectivity index (χ2v) is 5.26. The van der Waals surface area contributed by atoms with Crippen molar-refractivity contribution in [2.45, 2.75) is 19.3 Å². The Balaban J connectivity index is 1.45. The molecule has 7 heteroatoms. The second kappa shape index (κ2) is 7.13. The van der Waals surface area contributed by atoms with Crippen molar-refractivity contribution in [2.24, 2.45) is 5.92 Å². The Kier molecular flexibility index (Phi) is 4.75. The van der Waals surface area contributed by atoms with Gasteiger partial charge in [-0.05, 0) is 18.6 Å². The van der Waals surface area contributed by atoms with Crippen molar-refractivity contribution in [3.63, 3.8) is 0 Å². The highest BCUT2D eigenvalue weighted by atomic mass is 16.5. The molecule has 1 saturated heterocycles. The molecule has 0 aromatic carbocycles. The van der Waals surface area contributed by atoms with E-state index in [9.17, 15) is 4.79 Å².